The summed E-state index contributed by atoms with van der Waals surface area (Å²) in [4.78, 5) is 25.8. The van der Waals surface area contributed by atoms with E-state index >= 15 is 0 Å². The zero-order chi connectivity index (χ0) is 17.2. The number of aromatic nitrogens is 2. The lowest BCUT2D eigenvalue weighted by Gasteiger charge is -2.31. The quantitative estimate of drug-likeness (QED) is 0.846. The van der Waals surface area contributed by atoms with Gasteiger partial charge in [-0.15, -0.1) is 0 Å². The third-order valence-electron chi connectivity index (χ3n) is 5.24. The predicted molar refractivity (Wildman–Crippen MR) is 97.5 cm³/mol. The molecular weight excluding hydrogens is 312 g/mol. The number of fused-ring (bicyclic) bond motifs is 1. The molecule has 1 amide bonds. The molecule has 0 bridgehead atoms. The molecule has 1 atom stereocenters. The van der Waals surface area contributed by atoms with Gasteiger partial charge in [-0.25, -0.2) is 9.97 Å². The van der Waals surface area contributed by atoms with Crippen molar-refractivity contribution < 1.29 is 4.79 Å². The lowest BCUT2D eigenvalue weighted by Crippen LogP contribution is -2.37. The van der Waals surface area contributed by atoms with Gasteiger partial charge in [-0.1, -0.05) is 31.2 Å². The van der Waals surface area contributed by atoms with Crippen molar-refractivity contribution in [1.29, 1.82) is 0 Å². The van der Waals surface area contributed by atoms with Gasteiger partial charge in [0.25, 0.3) is 5.91 Å². The lowest BCUT2D eigenvalue weighted by molar-refractivity contribution is 0.0734. The maximum absolute atomic E-state index is 12.8. The zero-order valence-corrected chi connectivity index (χ0v) is 14.7. The van der Waals surface area contributed by atoms with E-state index in [-0.39, 0.29) is 5.91 Å². The van der Waals surface area contributed by atoms with Gasteiger partial charge in [-0.3, -0.25) is 4.79 Å². The summed E-state index contributed by atoms with van der Waals surface area (Å²) in [5.41, 5.74) is 3.16. The van der Waals surface area contributed by atoms with Gasteiger partial charge in [0.05, 0.1) is 5.56 Å². The first-order chi connectivity index (χ1) is 12.2. The molecule has 0 aliphatic carbocycles. The van der Waals surface area contributed by atoms with Crippen LogP contribution in [0.25, 0.3) is 0 Å². The topological polar surface area (TPSA) is 49.3 Å². The molecule has 2 aliphatic rings. The van der Waals surface area contributed by atoms with Gasteiger partial charge >= 0.3 is 0 Å². The number of rotatable bonds is 2. The lowest BCUT2D eigenvalue weighted by atomic mass is 9.99. The van der Waals surface area contributed by atoms with E-state index < -0.39 is 0 Å². The van der Waals surface area contributed by atoms with Crippen molar-refractivity contribution in [2.24, 2.45) is 5.92 Å². The molecule has 0 saturated carbocycles. The Balaban J connectivity index is 1.46. The summed E-state index contributed by atoms with van der Waals surface area (Å²) >= 11 is 0. The Hall–Kier alpha value is -2.43. The summed E-state index contributed by atoms with van der Waals surface area (Å²) in [5.74, 6) is 1.44. The van der Waals surface area contributed by atoms with E-state index in [9.17, 15) is 4.79 Å². The predicted octanol–water partition coefficient (Wildman–Crippen LogP) is 2.91. The van der Waals surface area contributed by atoms with Crippen molar-refractivity contribution in [2.45, 2.75) is 32.7 Å². The third-order valence-corrected chi connectivity index (χ3v) is 5.24. The van der Waals surface area contributed by atoms with E-state index in [2.05, 4.69) is 40.0 Å². The van der Waals surface area contributed by atoms with Gasteiger partial charge in [0.15, 0.2) is 0 Å². The second kappa shape index (κ2) is 6.82. The van der Waals surface area contributed by atoms with Crippen LogP contribution in [-0.2, 0) is 13.0 Å². The minimum atomic E-state index is 0.0214. The van der Waals surface area contributed by atoms with Gasteiger partial charge in [0, 0.05) is 38.6 Å². The molecule has 3 heterocycles. The second-order valence-electron chi connectivity index (χ2n) is 7.21. The van der Waals surface area contributed by atoms with E-state index in [4.69, 9.17) is 0 Å². The zero-order valence-electron chi connectivity index (χ0n) is 14.7. The first-order valence-electron chi connectivity index (χ1n) is 9.14. The SMILES string of the molecule is CC1CCCN(c2ncc(C(=O)N3CCc4ccccc4C3)cn2)C1. The fourth-order valence-electron chi connectivity index (χ4n) is 3.82. The molecule has 2 aromatic rings. The minimum Gasteiger partial charge on any atom is -0.341 e. The Morgan fingerprint density at radius 3 is 2.64 bits per heavy atom. The summed E-state index contributed by atoms with van der Waals surface area (Å²) in [6.45, 7) is 5.68. The molecule has 5 heteroatoms. The standard InChI is InChI=1S/C20H24N4O/c1-15-5-4-9-24(13-15)20-21-11-18(12-22-20)19(25)23-10-8-16-6-2-3-7-17(16)14-23/h2-3,6-7,11-12,15H,4-5,8-10,13-14H2,1H3. The molecule has 1 aromatic carbocycles. The van der Waals surface area contributed by atoms with E-state index in [1.165, 1.54) is 24.0 Å². The highest BCUT2D eigenvalue weighted by Crippen LogP contribution is 2.22. The maximum Gasteiger partial charge on any atom is 0.257 e. The van der Waals surface area contributed by atoms with Crippen LogP contribution in [-0.4, -0.2) is 40.4 Å². The fourth-order valence-corrected chi connectivity index (χ4v) is 3.82. The Morgan fingerprint density at radius 1 is 1.12 bits per heavy atom. The Kier molecular flexibility index (Phi) is 4.38. The summed E-state index contributed by atoms with van der Waals surface area (Å²) in [6.07, 6.45) is 6.73. The van der Waals surface area contributed by atoms with Crippen molar-refractivity contribution in [3.63, 3.8) is 0 Å². The van der Waals surface area contributed by atoms with E-state index in [0.717, 1.165) is 32.0 Å². The molecule has 2 aliphatic heterocycles. The average molecular weight is 336 g/mol. The highest BCUT2D eigenvalue weighted by Gasteiger charge is 2.23. The molecule has 130 valence electrons. The first kappa shape index (κ1) is 16.1. The number of piperidine rings is 1. The highest BCUT2D eigenvalue weighted by molar-refractivity contribution is 5.93. The van der Waals surface area contributed by atoms with Crippen LogP contribution >= 0.6 is 0 Å². The fraction of sp³-hybridized carbons (Fsp3) is 0.450. The number of hydrogen-bond donors (Lipinski definition) is 0. The third kappa shape index (κ3) is 3.36. The van der Waals surface area contributed by atoms with Gasteiger partial charge < -0.3 is 9.80 Å². The van der Waals surface area contributed by atoms with Crippen LogP contribution in [0.2, 0.25) is 0 Å². The summed E-state index contributed by atoms with van der Waals surface area (Å²) in [5, 5.41) is 0. The Morgan fingerprint density at radius 2 is 1.88 bits per heavy atom. The highest BCUT2D eigenvalue weighted by atomic mass is 16.2. The normalized spacial score (nSPS) is 20.3. The number of amides is 1. The van der Waals surface area contributed by atoms with Crippen LogP contribution < -0.4 is 4.90 Å². The largest absolute Gasteiger partial charge is 0.341 e. The summed E-state index contributed by atoms with van der Waals surface area (Å²) in [7, 11) is 0. The Labute approximate surface area is 148 Å². The summed E-state index contributed by atoms with van der Waals surface area (Å²) in [6, 6.07) is 8.34. The van der Waals surface area contributed by atoms with Crippen LogP contribution in [0.5, 0.6) is 0 Å². The molecule has 0 N–H and O–H groups in total. The monoisotopic (exact) mass is 336 g/mol. The van der Waals surface area contributed by atoms with Crippen LogP contribution in [0, 0.1) is 5.92 Å². The molecule has 0 spiro atoms. The van der Waals surface area contributed by atoms with Gasteiger partial charge in [-0.2, -0.15) is 0 Å². The second-order valence-corrected chi connectivity index (χ2v) is 7.21. The molecule has 0 radical (unpaired) electrons. The first-order valence-corrected chi connectivity index (χ1v) is 9.14. The number of anilines is 1. The molecule has 1 unspecified atom stereocenters. The molecular formula is C20H24N4O. The number of carbonyl (C=O) groups is 1. The van der Waals surface area contributed by atoms with Gasteiger partial charge in [0.2, 0.25) is 5.95 Å². The van der Waals surface area contributed by atoms with Gasteiger partial charge in [-0.05, 0) is 36.3 Å². The van der Waals surface area contributed by atoms with Crippen molar-refractivity contribution in [3.05, 3.63) is 53.3 Å². The number of hydrogen-bond acceptors (Lipinski definition) is 4. The molecule has 1 saturated heterocycles. The minimum absolute atomic E-state index is 0.0214. The maximum atomic E-state index is 12.8. The molecule has 1 aromatic heterocycles. The van der Waals surface area contributed by atoms with Crippen LogP contribution in [0.15, 0.2) is 36.7 Å². The van der Waals surface area contributed by atoms with E-state index in [1.54, 1.807) is 12.4 Å². The van der Waals surface area contributed by atoms with Gasteiger partial charge in [0.1, 0.15) is 0 Å². The molecule has 1 fully saturated rings. The molecule has 25 heavy (non-hydrogen) atoms. The molecule has 4 rings (SSSR count). The van der Waals surface area contributed by atoms with Crippen molar-refractivity contribution in [3.8, 4) is 0 Å². The van der Waals surface area contributed by atoms with Crippen LogP contribution in [0.3, 0.4) is 0 Å². The van der Waals surface area contributed by atoms with Crippen LogP contribution in [0.1, 0.15) is 41.3 Å². The van der Waals surface area contributed by atoms with Crippen molar-refractivity contribution in [1.82, 2.24) is 14.9 Å². The number of carbonyl (C=O) groups excluding carboxylic acids is 1. The number of benzene rings is 1. The Bertz CT molecular complexity index is 759. The smallest absolute Gasteiger partial charge is 0.257 e. The number of nitrogens with zero attached hydrogens (tertiary/aromatic N) is 4. The van der Waals surface area contributed by atoms with Crippen molar-refractivity contribution in [2.75, 3.05) is 24.5 Å². The molecule has 5 nitrogen and oxygen atoms in total. The summed E-state index contributed by atoms with van der Waals surface area (Å²) < 4.78 is 0. The average Bonchev–Trinajstić information content (AvgIpc) is 2.67. The van der Waals surface area contributed by atoms with E-state index in [0.29, 0.717) is 18.0 Å². The van der Waals surface area contributed by atoms with Crippen LogP contribution in [0.4, 0.5) is 5.95 Å². The van der Waals surface area contributed by atoms with E-state index in [1.807, 2.05) is 11.0 Å². The van der Waals surface area contributed by atoms with Crippen molar-refractivity contribution >= 4 is 11.9 Å².